The number of hydrogen-bond donors (Lipinski definition) is 0. The summed E-state index contributed by atoms with van der Waals surface area (Å²) in [5.41, 5.74) is 5.16. The predicted octanol–water partition coefficient (Wildman–Crippen LogP) is 6.26. The SMILES string of the molecule is COc1c(-c2ccccc2)c2ccc(-c3ccc(C(C)C)cc3)cc2oc1=O. The highest BCUT2D eigenvalue weighted by molar-refractivity contribution is 5.98. The van der Waals surface area contributed by atoms with Gasteiger partial charge in [0.05, 0.1) is 7.11 Å². The molecule has 0 aliphatic carbocycles. The number of fused-ring (bicyclic) bond motifs is 1. The summed E-state index contributed by atoms with van der Waals surface area (Å²) in [6.45, 7) is 4.36. The van der Waals surface area contributed by atoms with Crippen LogP contribution in [0.2, 0.25) is 0 Å². The molecule has 4 aromatic rings. The number of benzene rings is 3. The van der Waals surface area contributed by atoms with Crippen LogP contribution in [0.5, 0.6) is 5.75 Å². The molecule has 0 saturated heterocycles. The number of rotatable bonds is 4. The van der Waals surface area contributed by atoms with Crippen molar-refractivity contribution < 1.29 is 9.15 Å². The van der Waals surface area contributed by atoms with Crippen molar-refractivity contribution in [2.75, 3.05) is 7.11 Å². The summed E-state index contributed by atoms with van der Waals surface area (Å²) in [5.74, 6) is 0.720. The van der Waals surface area contributed by atoms with E-state index in [2.05, 4.69) is 44.2 Å². The molecule has 3 nitrogen and oxygen atoms in total. The van der Waals surface area contributed by atoms with Crippen molar-refractivity contribution in [1.82, 2.24) is 0 Å². The third kappa shape index (κ3) is 3.20. The molecule has 140 valence electrons. The first-order chi connectivity index (χ1) is 13.6. The fraction of sp³-hybridized carbons (Fsp3) is 0.160. The highest BCUT2D eigenvalue weighted by atomic mass is 16.5. The van der Waals surface area contributed by atoms with E-state index in [9.17, 15) is 4.79 Å². The third-order valence-electron chi connectivity index (χ3n) is 5.04. The van der Waals surface area contributed by atoms with E-state index in [0.29, 0.717) is 11.5 Å². The molecule has 0 N–H and O–H groups in total. The van der Waals surface area contributed by atoms with Gasteiger partial charge in [0.1, 0.15) is 5.58 Å². The molecule has 28 heavy (non-hydrogen) atoms. The zero-order valence-electron chi connectivity index (χ0n) is 16.2. The van der Waals surface area contributed by atoms with Gasteiger partial charge in [-0.2, -0.15) is 0 Å². The molecular weight excluding hydrogens is 348 g/mol. The maximum atomic E-state index is 12.5. The molecule has 0 spiro atoms. The van der Waals surface area contributed by atoms with Crippen LogP contribution in [0.15, 0.2) is 82.0 Å². The Morgan fingerprint density at radius 1 is 0.821 bits per heavy atom. The van der Waals surface area contributed by atoms with Crippen LogP contribution in [0.25, 0.3) is 33.2 Å². The van der Waals surface area contributed by atoms with E-state index in [-0.39, 0.29) is 5.75 Å². The second kappa shape index (κ2) is 7.35. The van der Waals surface area contributed by atoms with Gasteiger partial charge >= 0.3 is 5.63 Å². The predicted molar refractivity (Wildman–Crippen MR) is 114 cm³/mol. The van der Waals surface area contributed by atoms with E-state index >= 15 is 0 Å². The lowest BCUT2D eigenvalue weighted by Gasteiger charge is -2.12. The van der Waals surface area contributed by atoms with Gasteiger partial charge in [-0.05, 0) is 40.3 Å². The van der Waals surface area contributed by atoms with E-state index in [4.69, 9.17) is 9.15 Å². The summed E-state index contributed by atoms with van der Waals surface area (Å²) in [7, 11) is 1.50. The van der Waals surface area contributed by atoms with Gasteiger partial charge in [-0.25, -0.2) is 4.79 Å². The van der Waals surface area contributed by atoms with Crippen molar-refractivity contribution in [3.05, 3.63) is 88.8 Å². The fourth-order valence-electron chi connectivity index (χ4n) is 3.50. The Hall–Kier alpha value is -3.33. The van der Waals surface area contributed by atoms with Crippen LogP contribution in [0.4, 0.5) is 0 Å². The maximum absolute atomic E-state index is 12.5. The molecule has 0 aliphatic rings. The van der Waals surface area contributed by atoms with Gasteiger partial charge in [-0.1, -0.05) is 74.5 Å². The molecule has 0 amide bonds. The van der Waals surface area contributed by atoms with Crippen LogP contribution in [-0.4, -0.2) is 7.11 Å². The van der Waals surface area contributed by atoms with Gasteiger partial charge in [0.15, 0.2) is 0 Å². The Morgan fingerprint density at radius 3 is 2.14 bits per heavy atom. The molecule has 3 heteroatoms. The highest BCUT2D eigenvalue weighted by Crippen LogP contribution is 2.36. The lowest BCUT2D eigenvalue weighted by Crippen LogP contribution is -2.06. The molecule has 0 aliphatic heterocycles. The first kappa shape index (κ1) is 18.1. The number of ether oxygens (including phenoxy) is 1. The van der Waals surface area contributed by atoms with Gasteiger partial charge in [-0.3, -0.25) is 0 Å². The molecule has 1 aromatic heterocycles. The van der Waals surface area contributed by atoms with Crippen LogP contribution >= 0.6 is 0 Å². The minimum atomic E-state index is -0.471. The third-order valence-corrected chi connectivity index (χ3v) is 5.04. The Bertz CT molecular complexity index is 1170. The highest BCUT2D eigenvalue weighted by Gasteiger charge is 2.17. The van der Waals surface area contributed by atoms with Crippen LogP contribution in [0, 0.1) is 0 Å². The minimum Gasteiger partial charge on any atom is -0.489 e. The first-order valence-corrected chi connectivity index (χ1v) is 9.39. The quantitative estimate of drug-likeness (QED) is 0.398. The Balaban J connectivity index is 1.90. The van der Waals surface area contributed by atoms with E-state index in [1.54, 1.807) is 0 Å². The van der Waals surface area contributed by atoms with Crippen LogP contribution < -0.4 is 10.4 Å². The molecule has 3 aromatic carbocycles. The van der Waals surface area contributed by atoms with Gasteiger partial charge in [0, 0.05) is 10.9 Å². The Morgan fingerprint density at radius 2 is 1.50 bits per heavy atom. The molecule has 0 saturated carbocycles. The molecule has 1 heterocycles. The van der Waals surface area contributed by atoms with E-state index < -0.39 is 5.63 Å². The Kier molecular flexibility index (Phi) is 4.74. The molecule has 0 bridgehead atoms. The molecule has 0 fully saturated rings. The summed E-state index contributed by atoms with van der Waals surface area (Å²) in [5, 5.41) is 0.852. The summed E-state index contributed by atoms with van der Waals surface area (Å²) >= 11 is 0. The van der Waals surface area contributed by atoms with Crippen molar-refractivity contribution in [2.45, 2.75) is 19.8 Å². The maximum Gasteiger partial charge on any atom is 0.379 e. The van der Waals surface area contributed by atoms with Gasteiger partial charge in [-0.15, -0.1) is 0 Å². The average Bonchev–Trinajstić information content (AvgIpc) is 2.73. The minimum absolute atomic E-state index is 0.229. The lowest BCUT2D eigenvalue weighted by atomic mass is 9.96. The molecule has 4 rings (SSSR count). The second-order valence-corrected chi connectivity index (χ2v) is 7.15. The Labute approximate surface area is 164 Å². The average molecular weight is 370 g/mol. The van der Waals surface area contributed by atoms with Crippen LogP contribution in [-0.2, 0) is 0 Å². The summed E-state index contributed by atoms with van der Waals surface area (Å²) in [6.07, 6.45) is 0. The fourth-order valence-corrected chi connectivity index (χ4v) is 3.50. The monoisotopic (exact) mass is 370 g/mol. The van der Waals surface area contributed by atoms with Crippen molar-refractivity contribution in [1.29, 1.82) is 0 Å². The zero-order chi connectivity index (χ0) is 19.7. The summed E-state index contributed by atoms with van der Waals surface area (Å²) < 4.78 is 11.0. The van der Waals surface area contributed by atoms with E-state index in [1.165, 1.54) is 12.7 Å². The van der Waals surface area contributed by atoms with Crippen LogP contribution in [0.3, 0.4) is 0 Å². The van der Waals surface area contributed by atoms with Crippen molar-refractivity contribution >= 4 is 11.0 Å². The number of hydrogen-bond acceptors (Lipinski definition) is 3. The van der Waals surface area contributed by atoms with Crippen molar-refractivity contribution in [3.8, 4) is 28.0 Å². The van der Waals surface area contributed by atoms with Crippen molar-refractivity contribution in [3.63, 3.8) is 0 Å². The smallest absolute Gasteiger partial charge is 0.379 e. The second-order valence-electron chi connectivity index (χ2n) is 7.15. The van der Waals surface area contributed by atoms with Gasteiger partial charge in [0.2, 0.25) is 5.75 Å². The summed E-state index contributed by atoms with van der Waals surface area (Å²) in [6, 6.07) is 24.2. The lowest BCUT2D eigenvalue weighted by molar-refractivity contribution is 0.387. The largest absolute Gasteiger partial charge is 0.489 e. The van der Waals surface area contributed by atoms with Gasteiger partial charge in [0.25, 0.3) is 0 Å². The number of methoxy groups -OCH3 is 1. The molecular formula is C25H22O3. The normalized spacial score (nSPS) is 11.1. The molecule has 0 radical (unpaired) electrons. The summed E-state index contributed by atoms with van der Waals surface area (Å²) in [4.78, 5) is 12.5. The van der Waals surface area contributed by atoms with Crippen molar-refractivity contribution in [2.24, 2.45) is 0 Å². The first-order valence-electron chi connectivity index (χ1n) is 9.39. The van der Waals surface area contributed by atoms with E-state index in [0.717, 1.165) is 27.6 Å². The van der Waals surface area contributed by atoms with E-state index in [1.807, 2.05) is 42.5 Å². The topological polar surface area (TPSA) is 39.4 Å². The van der Waals surface area contributed by atoms with Crippen LogP contribution in [0.1, 0.15) is 25.3 Å². The standard InChI is InChI=1S/C25H22O3/c1-16(2)17-9-11-18(12-10-17)20-13-14-21-22(15-20)28-25(26)24(27-3)23(21)19-7-5-4-6-8-19/h4-16H,1-3H3. The van der Waals surface area contributed by atoms with Gasteiger partial charge < -0.3 is 9.15 Å². The zero-order valence-corrected chi connectivity index (χ0v) is 16.2. The molecule has 0 unspecified atom stereocenters. The molecule has 0 atom stereocenters.